The van der Waals surface area contributed by atoms with Gasteiger partial charge in [0.05, 0.1) is 5.39 Å². The number of fused-ring (bicyclic) bond motifs is 1. The molecular weight excluding hydrogens is 326 g/mol. The van der Waals surface area contributed by atoms with Crippen LogP contribution in [0.1, 0.15) is 16.8 Å². The van der Waals surface area contributed by atoms with E-state index in [4.69, 9.17) is 4.42 Å². The highest BCUT2D eigenvalue weighted by Gasteiger charge is 2.33. The first kappa shape index (κ1) is 13.1. The monoisotopic (exact) mass is 335 g/mol. The molecule has 1 aromatic carbocycles. The van der Waals surface area contributed by atoms with Gasteiger partial charge in [-0.15, -0.1) is 0 Å². The predicted octanol–water partition coefficient (Wildman–Crippen LogP) is 2.11. The minimum atomic E-state index is -0.414. The van der Waals surface area contributed by atoms with Crippen LogP contribution in [-0.4, -0.2) is 23.6 Å². The van der Waals surface area contributed by atoms with E-state index in [1.807, 2.05) is 0 Å². The fraction of sp³-hybridized carbons (Fsp3) is 0.214. The Morgan fingerprint density at radius 2 is 2.05 bits per heavy atom. The lowest BCUT2D eigenvalue weighted by molar-refractivity contribution is -0.117. The van der Waals surface area contributed by atoms with E-state index in [1.165, 1.54) is 4.90 Å². The Bertz CT molecular complexity index is 767. The number of amides is 1. The Morgan fingerprint density at radius 3 is 2.70 bits per heavy atom. The SMILES string of the molecule is O=Cc1c(N2CC(Br)CC2=O)oc2ccccc2c1=O. The number of aldehydes is 1. The van der Waals surface area contributed by atoms with Crippen LogP contribution in [0.2, 0.25) is 0 Å². The van der Waals surface area contributed by atoms with E-state index in [0.717, 1.165) is 0 Å². The van der Waals surface area contributed by atoms with Gasteiger partial charge in [0.15, 0.2) is 6.29 Å². The van der Waals surface area contributed by atoms with Crippen LogP contribution in [0.15, 0.2) is 33.5 Å². The molecule has 0 spiro atoms. The minimum Gasteiger partial charge on any atom is -0.439 e. The van der Waals surface area contributed by atoms with E-state index >= 15 is 0 Å². The van der Waals surface area contributed by atoms with Gasteiger partial charge < -0.3 is 4.42 Å². The van der Waals surface area contributed by atoms with E-state index in [2.05, 4.69) is 15.9 Å². The van der Waals surface area contributed by atoms with Crippen molar-refractivity contribution in [3.63, 3.8) is 0 Å². The minimum absolute atomic E-state index is 0.00808. The van der Waals surface area contributed by atoms with E-state index in [-0.39, 0.29) is 22.2 Å². The number of rotatable bonds is 2. The summed E-state index contributed by atoms with van der Waals surface area (Å²) < 4.78 is 5.62. The van der Waals surface area contributed by atoms with Gasteiger partial charge >= 0.3 is 0 Å². The summed E-state index contributed by atoms with van der Waals surface area (Å²) in [6.45, 7) is 0.376. The predicted molar refractivity (Wildman–Crippen MR) is 77.6 cm³/mol. The first-order chi connectivity index (χ1) is 9.61. The Morgan fingerprint density at radius 1 is 1.30 bits per heavy atom. The number of benzene rings is 1. The number of anilines is 1. The lowest BCUT2D eigenvalue weighted by Crippen LogP contribution is -2.28. The van der Waals surface area contributed by atoms with Crippen LogP contribution < -0.4 is 10.3 Å². The first-order valence-corrected chi connectivity index (χ1v) is 6.99. The highest BCUT2D eigenvalue weighted by Crippen LogP contribution is 2.28. The van der Waals surface area contributed by atoms with Crippen molar-refractivity contribution >= 4 is 45.0 Å². The quantitative estimate of drug-likeness (QED) is 0.622. The number of carbonyl (C=O) groups is 2. The molecule has 0 radical (unpaired) electrons. The molecule has 2 heterocycles. The van der Waals surface area contributed by atoms with Crippen molar-refractivity contribution in [2.75, 3.05) is 11.4 Å². The average molecular weight is 336 g/mol. The van der Waals surface area contributed by atoms with Crippen molar-refractivity contribution in [2.24, 2.45) is 0 Å². The summed E-state index contributed by atoms with van der Waals surface area (Å²) in [4.78, 5) is 36.8. The van der Waals surface area contributed by atoms with Crippen molar-refractivity contribution in [3.05, 3.63) is 40.1 Å². The standard InChI is InChI=1S/C14H10BrNO4/c15-8-5-12(18)16(6-8)14-10(7-17)13(19)9-3-1-2-4-11(9)20-14/h1-4,7-8H,5-6H2. The zero-order chi connectivity index (χ0) is 14.3. The zero-order valence-corrected chi connectivity index (χ0v) is 11.9. The summed E-state index contributed by atoms with van der Waals surface area (Å²) in [6.07, 6.45) is 0.761. The number of nitrogens with zero attached hydrogens (tertiary/aromatic N) is 1. The molecule has 1 saturated heterocycles. The van der Waals surface area contributed by atoms with Crippen LogP contribution in [0.4, 0.5) is 5.88 Å². The van der Waals surface area contributed by atoms with Gasteiger partial charge in [0.2, 0.25) is 17.2 Å². The largest absolute Gasteiger partial charge is 0.439 e. The van der Waals surface area contributed by atoms with Crippen LogP contribution in [-0.2, 0) is 4.79 Å². The van der Waals surface area contributed by atoms with Crippen molar-refractivity contribution < 1.29 is 14.0 Å². The number of hydrogen-bond acceptors (Lipinski definition) is 4. The summed E-state index contributed by atoms with van der Waals surface area (Å²) in [5.74, 6) is -0.135. The molecule has 1 aromatic heterocycles. The Kier molecular flexibility index (Phi) is 3.17. The maximum absolute atomic E-state index is 12.3. The summed E-state index contributed by atoms with van der Waals surface area (Å²) >= 11 is 3.36. The van der Waals surface area contributed by atoms with Crippen molar-refractivity contribution in [2.45, 2.75) is 11.2 Å². The van der Waals surface area contributed by atoms with Gasteiger partial charge in [0, 0.05) is 17.8 Å². The summed E-state index contributed by atoms with van der Waals surface area (Å²) in [5.41, 5.74) is -0.162. The molecule has 20 heavy (non-hydrogen) atoms. The van der Waals surface area contributed by atoms with Crippen molar-refractivity contribution in [3.8, 4) is 0 Å². The number of halogens is 1. The third-order valence-corrected chi connectivity index (χ3v) is 3.87. The second-order valence-corrected chi connectivity index (χ2v) is 5.86. The zero-order valence-electron chi connectivity index (χ0n) is 10.3. The van der Waals surface area contributed by atoms with Crippen LogP contribution >= 0.6 is 15.9 Å². The highest BCUT2D eigenvalue weighted by atomic mass is 79.9. The molecule has 0 aliphatic carbocycles. The molecule has 6 heteroatoms. The Balaban J connectivity index is 2.27. The fourth-order valence-electron chi connectivity index (χ4n) is 2.31. The van der Waals surface area contributed by atoms with Gasteiger partial charge in [-0.05, 0) is 12.1 Å². The smallest absolute Gasteiger partial charge is 0.230 e. The van der Waals surface area contributed by atoms with Gasteiger partial charge in [-0.25, -0.2) is 0 Å². The fourth-order valence-corrected chi connectivity index (χ4v) is 2.88. The van der Waals surface area contributed by atoms with Crippen LogP contribution in [0.3, 0.4) is 0 Å². The topological polar surface area (TPSA) is 67.6 Å². The molecule has 0 bridgehead atoms. The molecule has 5 nitrogen and oxygen atoms in total. The Hall–Kier alpha value is -1.95. The molecule has 2 aromatic rings. The van der Waals surface area contributed by atoms with Gasteiger partial charge in [-0.1, -0.05) is 28.1 Å². The van der Waals surface area contributed by atoms with Crippen LogP contribution in [0.25, 0.3) is 11.0 Å². The second kappa shape index (κ2) is 4.86. The maximum atomic E-state index is 12.3. The molecular formula is C14H10BrNO4. The summed E-state index contributed by atoms with van der Waals surface area (Å²) in [7, 11) is 0. The molecule has 0 N–H and O–H groups in total. The molecule has 1 atom stereocenters. The number of carbonyl (C=O) groups excluding carboxylic acids is 2. The average Bonchev–Trinajstić information content (AvgIpc) is 2.77. The normalized spacial score (nSPS) is 18.8. The van der Waals surface area contributed by atoms with Crippen molar-refractivity contribution in [1.82, 2.24) is 0 Å². The van der Waals surface area contributed by atoms with Crippen LogP contribution in [0, 0.1) is 0 Å². The van der Waals surface area contributed by atoms with E-state index in [9.17, 15) is 14.4 Å². The van der Waals surface area contributed by atoms with Crippen molar-refractivity contribution in [1.29, 1.82) is 0 Å². The van der Waals surface area contributed by atoms with Gasteiger partial charge in [0.25, 0.3) is 0 Å². The Labute approximate surface area is 122 Å². The summed E-state index contributed by atoms with van der Waals surface area (Å²) in [6, 6.07) is 6.66. The second-order valence-electron chi connectivity index (χ2n) is 4.57. The molecule has 1 aliphatic heterocycles. The molecule has 0 saturated carbocycles. The molecule has 1 amide bonds. The van der Waals surface area contributed by atoms with E-state index < -0.39 is 5.43 Å². The molecule has 3 rings (SSSR count). The number of alkyl halides is 1. The van der Waals surface area contributed by atoms with Gasteiger partial charge in [0.1, 0.15) is 11.1 Å². The molecule has 1 unspecified atom stereocenters. The molecule has 1 aliphatic rings. The first-order valence-electron chi connectivity index (χ1n) is 6.07. The van der Waals surface area contributed by atoms with Gasteiger partial charge in [-0.3, -0.25) is 19.3 Å². The maximum Gasteiger partial charge on any atom is 0.230 e. The van der Waals surface area contributed by atoms with Crippen LogP contribution in [0.5, 0.6) is 0 Å². The highest BCUT2D eigenvalue weighted by molar-refractivity contribution is 9.09. The number of hydrogen-bond donors (Lipinski definition) is 0. The van der Waals surface area contributed by atoms with E-state index in [0.29, 0.717) is 30.2 Å². The lowest BCUT2D eigenvalue weighted by Gasteiger charge is -2.16. The van der Waals surface area contributed by atoms with E-state index in [1.54, 1.807) is 24.3 Å². The third-order valence-electron chi connectivity index (χ3n) is 3.25. The molecule has 102 valence electrons. The summed E-state index contributed by atoms with van der Waals surface area (Å²) in [5, 5.41) is 0.334. The molecule has 1 fully saturated rings. The lowest BCUT2D eigenvalue weighted by atomic mass is 10.1. The number of para-hydroxylation sites is 1. The third kappa shape index (κ3) is 1.96. The van der Waals surface area contributed by atoms with Gasteiger partial charge in [-0.2, -0.15) is 0 Å².